The van der Waals surface area contributed by atoms with Crippen LogP contribution in [0.25, 0.3) is 11.6 Å². The highest BCUT2D eigenvalue weighted by molar-refractivity contribution is 5.91. The van der Waals surface area contributed by atoms with Gasteiger partial charge >= 0.3 is 0 Å². The maximum Gasteiger partial charge on any atom is 0.0346 e. The molecule has 0 amide bonds. The first-order valence-corrected chi connectivity index (χ1v) is 6.66. The number of hydrogen-bond acceptors (Lipinski definition) is 1. The van der Waals surface area contributed by atoms with Gasteiger partial charge in [-0.25, -0.2) is 0 Å². The number of rotatable bonds is 3. The van der Waals surface area contributed by atoms with Crippen LogP contribution in [0.5, 0.6) is 0 Å². The Balaban J connectivity index is 2.12. The molecule has 0 bridgehead atoms. The van der Waals surface area contributed by atoms with Crippen LogP contribution >= 0.6 is 0 Å². The van der Waals surface area contributed by atoms with Crippen LogP contribution in [-0.4, -0.2) is 4.98 Å². The second-order valence-corrected chi connectivity index (χ2v) is 4.58. The molecule has 1 heterocycles. The average molecular weight is 257 g/mol. The van der Waals surface area contributed by atoms with Crippen molar-refractivity contribution < 1.29 is 0 Å². The Bertz CT molecular complexity index is 644. The Morgan fingerprint density at radius 2 is 1.35 bits per heavy atom. The molecule has 0 aliphatic carbocycles. The van der Waals surface area contributed by atoms with Crippen molar-refractivity contribution >= 4 is 11.6 Å². The van der Waals surface area contributed by atoms with Gasteiger partial charge in [-0.2, -0.15) is 0 Å². The van der Waals surface area contributed by atoms with E-state index >= 15 is 0 Å². The number of nitrogens with zero attached hydrogens (tertiary/aromatic N) is 1. The third-order valence-electron chi connectivity index (χ3n) is 3.17. The Kier molecular flexibility index (Phi) is 3.70. The largest absolute Gasteiger partial charge is 0.264 e. The van der Waals surface area contributed by atoms with Gasteiger partial charge in [0.25, 0.3) is 0 Å². The van der Waals surface area contributed by atoms with Crippen molar-refractivity contribution in [3.8, 4) is 0 Å². The summed E-state index contributed by atoms with van der Waals surface area (Å²) in [5.74, 6) is 0. The Hall–Kier alpha value is -2.67. The lowest BCUT2D eigenvalue weighted by Gasteiger charge is -2.08. The zero-order valence-corrected chi connectivity index (χ0v) is 11.1. The number of benzene rings is 2. The van der Waals surface area contributed by atoms with Crippen LogP contribution in [0, 0.1) is 0 Å². The van der Waals surface area contributed by atoms with E-state index in [1.807, 2.05) is 24.4 Å². The van der Waals surface area contributed by atoms with Crippen LogP contribution in [0.3, 0.4) is 0 Å². The average Bonchev–Trinajstić information content (AvgIpc) is 2.55. The molecule has 0 atom stereocenters. The van der Waals surface area contributed by atoms with Gasteiger partial charge in [-0.1, -0.05) is 66.7 Å². The molecule has 2 aromatic carbocycles. The molecule has 0 spiro atoms. The minimum absolute atomic E-state index is 1.13. The second kappa shape index (κ2) is 5.98. The zero-order valence-electron chi connectivity index (χ0n) is 11.1. The minimum Gasteiger partial charge on any atom is -0.264 e. The predicted octanol–water partition coefficient (Wildman–Crippen LogP) is 4.67. The van der Waals surface area contributed by atoms with E-state index in [-0.39, 0.29) is 0 Å². The van der Waals surface area contributed by atoms with Gasteiger partial charge in [0.05, 0.1) is 0 Å². The first-order valence-electron chi connectivity index (χ1n) is 6.66. The van der Waals surface area contributed by atoms with E-state index in [0.717, 1.165) is 5.56 Å². The summed E-state index contributed by atoms with van der Waals surface area (Å²) >= 11 is 0. The van der Waals surface area contributed by atoms with E-state index in [1.54, 1.807) is 6.20 Å². The van der Waals surface area contributed by atoms with Gasteiger partial charge in [0.2, 0.25) is 0 Å². The summed E-state index contributed by atoms with van der Waals surface area (Å²) in [5.41, 5.74) is 4.70. The Labute approximate surface area is 119 Å². The smallest absolute Gasteiger partial charge is 0.0346 e. The standard InChI is InChI=1S/C19H15N/c1-3-8-16(9-4-1)14-19(17-10-5-2-6-11-17)18-12-7-13-20-15-18/h1-15H/b19-14-. The van der Waals surface area contributed by atoms with Crippen LogP contribution < -0.4 is 0 Å². The van der Waals surface area contributed by atoms with Gasteiger partial charge in [-0.05, 0) is 28.8 Å². The molecule has 1 aromatic heterocycles. The Morgan fingerprint density at radius 3 is 2.00 bits per heavy atom. The van der Waals surface area contributed by atoms with Gasteiger partial charge < -0.3 is 0 Å². The fraction of sp³-hybridized carbons (Fsp3) is 0. The molecular formula is C19H15N. The highest BCUT2D eigenvalue weighted by Crippen LogP contribution is 2.25. The third kappa shape index (κ3) is 2.83. The number of hydrogen-bond donors (Lipinski definition) is 0. The zero-order chi connectivity index (χ0) is 13.6. The molecule has 3 rings (SSSR count). The first kappa shape index (κ1) is 12.4. The minimum atomic E-state index is 1.13. The van der Waals surface area contributed by atoms with E-state index < -0.39 is 0 Å². The first-order chi connectivity index (χ1) is 9.93. The lowest BCUT2D eigenvalue weighted by molar-refractivity contribution is 1.31. The summed E-state index contributed by atoms with van der Waals surface area (Å²) in [6.45, 7) is 0. The van der Waals surface area contributed by atoms with Crippen molar-refractivity contribution in [2.45, 2.75) is 0 Å². The van der Waals surface area contributed by atoms with E-state index in [1.165, 1.54) is 16.7 Å². The summed E-state index contributed by atoms with van der Waals surface area (Å²) in [5, 5.41) is 0. The lowest BCUT2D eigenvalue weighted by atomic mass is 9.97. The van der Waals surface area contributed by atoms with Crippen LogP contribution in [0.15, 0.2) is 85.2 Å². The molecule has 0 fully saturated rings. The van der Waals surface area contributed by atoms with Crippen molar-refractivity contribution in [3.05, 3.63) is 102 Å². The molecule has 1 heteroatoms. The Morgan fingerprint density at radius 1 is 0.700 bits per heavy atom. The molecule has 20 heavy (non-hydrogen) atoms. The van der Waals surface area contributed by atoms with Gasteiger partial charge in [-0.3, -0.25) is 4.98 Å². The van der Waals surface area contributed by atoms with Gasteiger partial charge in [0, 0.05) is 18.0 Å². The molecule has 0 aliphatic rings. The van der Waals surface area contributed by atoms with Gasteiger partial charge in [-0.15, -0.1) is 0 Å². The van der Waals surface area contributed by atoms with Crippen LogP contribution in [0.2, 0.25) is 0 Å². The molecule has 0 saturated heterocycles. The van der Waals surface area contributed by atoms with Crippen molar-refractivity contribution in [1.82, 2.24) is 4.98 Å². The van der Waals surface area contributed by atoms with Crippen LogP contribution in [0.4, 0.5) is 0 Å². The van der Waals surface area contributed by atoms with E-state index in [4.69, 9.17) is 0 Å². The normalized spacial score (nSPS) is 11.3. The van der Waals surface area contributed by atoms with E-state index in [9.17, 15) is 0 Å². The second-order valence-electron chi connectivity index (χ2n) is 4.58. The summed E-state index contributed by atoms with van der Waals surface area (Å²) < 4.78 is 0. The van der Waals surface area contributed by atoms with E-state index in [2.05, 4.69) is 65.7 Å². The fourth-order valence-corrected chi connectivity index (χ4v) is 2.19. The molecule has 0 radical (unpaired) electrons. The lowest BCUT2D eigenvalue weighted by Crippen LogP contribution is -1.88. The maximum absolute atomic E-state index is 4.23. The predicted molar refractivity (Wildman–Crippen MR) is 84.1 cm³/mol. The topological polar surface area (TPSA) is 12.9 Å². The quantitative estimate of drug-likeness (QED) is 0.621. The molecular weight excluding hydrogens is 242 g/mol. The number of pyridine rings is 1. The SMILES string of the molecule is C(=C(\c1ccccc1)c1cccnc1)/c1ccccc1. The molecule has 0 saturated carbocycles. The van der Waals surface area contributed by atoms with Gasteiger partial charge in [0.15, 0.2) is 0 Å². The summed E-state index contributed by atoms with van der Waals surface area (Å²) in [4.78, 5) is 4.23. The fourth-order valence-electron chi connectivity index (χ4n) is 2.19. The molecule has 96 valence electrons. The molecule has 1 nitrogen and oxygen atoms in total. The molecule has 0 aliphatic heterocycles. The summed E-state index contributed by atoms with van der Waals surface area (Å²) in [7, 11) is 0. The maximum atomic E-state index is 4.23. The van der Waals surface area contributed by atoms with Crippen LogP contribution in [-0.2, 0) is 0 Å². The monoisotopic (exact) mass is 257 g/mol. The number of aromatic nitrogens is 1. The highest BCUT2D eigenvalue weighted by Gasteiger charge is 2.04. The van der Waals surface area contributed by atoms with Crippen molar-refractivity contribution in [3.63, 3.8) is 0 Å². The molecule has 0 unspecified atom stereocenters. The van der Waals surface area contributed by atoms with Crippen molar-refractivity contribution in [1.29, 1.82) is 0 Å². The molecule has 3 aromatic rings. The third-order valence-corrected chi connectivity index (χ3v) is 3.17. The summed E-state index contributed by atoms with van der Waals surface area (Å²) in [6.07, 6.45) is 5.91. The summed E-state index contributed by atoms with van der Waals surface area (Å²) in [6, 6.07) is 24.8. The van der Waals surface area contributed by atoms with Gasteiger partial charge in [0.1, 0.15) is 0 Å². The highest BCUT2D eigenvalue weighted by atomic mass is 14.6. The van der Waals surface area contributed by atoms with E-state index in [0.29, 0.717) is 0 Å². The van der Waals surface area contributed by atoms with Crippen molar-refractivity contribution in [2.24, 2.45) is 0 Å². The van der Waals surface area contributed by atoms with Crippen LogP contribution in [0.1, 0.15) is 16.7 Å². The molecule has 0 N–H and O–H groups in total. The van der Waals surface area contributed by atoms with Crippen molar-refractivity contribution in [2.75, 3.05) is 0 Å².